The van der Waals surface area contributed by atoms with E-state index in [9.17, 15) is 4.79 Å². The molecule has 17 heavy (non-hydrogen) atoms. The van der Waals surface area contributed by atoms with E-state index in [1.807, 2.05) is 0 Å². The van der Waals surface area contributed by atoms with Crippen molar-refractivity contribution in [3.63, 3.8) is 0 Å². The van der Waals surface area contributed by atoms with Gasteiger partial charge in [-0.2, -0.15) is 0 Å². The molecule has 0 aromatic carbocycles. The molecule has 94 valence electrons. The van der Waals surface area contributed by atoms with Crippen LogP contribution in [0.3, 0.4) is 0 Å². The predicted octanol–water partition coefficient (Wildman–Crippen LogP) is 0.699. The van der Waals surface area contributed by atoms with Crippen molar-refractivity contribution in [2.24, 2.45) is 0 Å². The summed E-state index contributed by atoms with van der Waals surface area (Å²) in [5.41, 5.74) is 5.38. The van der Waals surface area contributed by atoms with Crippen molar-refractivity contribution in [1.82, 2.24) is 20.1 Å². The normalized spacial score (nSPS) is 17.6. The van der Waals surface area contributed by atoms with Gasteiger partial charge in [0.05, 0.1) is 0 Å². The Hall–Kier alpha value is -1.59. The second kappa shape index (κ2) is 5.65. The number of hydrogen-bond acceptors (Lipinski definition) is 4. The first kappa shape index (κ1) is 11.9. The number of aromatic nitrogens is 3. The van der Waals surface area contributed by atoms with E-state index in [2.05, 4.69) is 15.4 Å². The Morgan fingerprint density at radius 3 is 2.71 bits per heavy atom. The van der Waals surface area contributed by atoms with E-state index in [0.29, 0.717) is 6.04 Å². The second-order valence-electron chi connectivity index (χ2n) is 4.56. The fraction of sp³-hybridized carbons (Fsp3) is 0.727. The number of nitrogens with zero attached hydrogens (tertiary/aromatic N) is 3. The summed E-state index contributed by atoms with van der Waals surface area (Å²) in [5.74, 6) is 0.189. The van der Waals surface area contributed by atoms with Crippen LogP contribution in [0, 0.1) is 0 Å². The molecule has 1 aromatic heterocycles. The van der Waals surface area contributed by atoms with Gasteiger partial charge in [-0.05, 0) is 12.8 Å². The molecule has 1 aliphatic rings. The molecule has 1 fully saturated rings. The molecule has 1 amide bonds. The van der Waals surface area contributed by atoms with E-state index in [0.717, 1.165) is 12.8 Å². The Morgan fingerprint density at radius 1 is 1.41 bits per heavy atom. The highest BCUT2D eigenvalue weighted by Gasteiger charge is 2.15. The first-order valence-electron chi connectivity index (χ1n) is 6.18. The Kier molecular flexibility index (Phi) is 3.95. The molecular formula is C11H19N5O. The molecule has 1 aliphatic carbocycles. The molecule has 2 rings (SSSR count). The molecule has 1 heterocycles. The average Bonchev–Trinajstić information content (AvgIpc) is 2.53. The number of nitrogens with one attached hydrogen (secondary N) is 1. The monoisotopic (exact) mass is 237 g/mol. The highest BCUT2D eigenvalue weighted by Crippen LogP contribution is 2.17. The van der Waals surface area contributed by atoms with E-state index >= 15 is 0 Å². The average molecular weight is 237 g/mol. The molecule has 6 heteroatoms. The number of amides is 1. The minimum Gasteiger partial charge on any atom is -0.367 e. The van der Waals surface area contributed by atoms with Crippen LogP contribution in [-0.4, -0.2) is 26.7 Å². The van der Waals surface area contributed by atoms with Gasteiger partial charge in [-0.15, -0.1) is 5.10 Å². The van der Waals surface area contributed by atoms with Crippen molar-refractivity contribution in [1.29, 1.82) is 0 Å². The highest BCUT2D eigenvalue weighted by molar-refractivity contribution is 5.75. The van der Waals surface area contributed by atoms with Crippen LogP contribution in [0.5, 0.6) is 0 Å². The number of anilines is 1. The third-order valence-corrected chi connectivity index (χ3v) is 3.08. The van der Waals surface area contributed by atoms with Crippen molar-refractivity contribution in [3.05, 3.63) is 6.33 Å². The van der Waals surface area contributed by atoms with Gasteiger partial charge in [0.15, 0.2) is 0 Å². The van der Waals surface area contributed by atoms with Crippen LogP contribution in [0.15, 0.2) is 6.33 Å². The number of rotatable bonds is 3. The summed E-state index contributed by atoms with van der Waals surface area (Å²) in [7, 11) is 0. The standard InChI is InChI=1S/C11H19N5O/c12-11-13-8-16(15-11)7-10(17)14-9-5-3-1-2-4-6-9/h8-9H,1-7H2,(H2,12,15)(H,14,17). The molecule has 0 aliphatic heterocycles. The summed E-state index contributed by atoms with van der Waals surface area (Å²) in [5, 5.41) is 6.93. The summed E-state index contributed by atoms with van der Waals surface area (Å²) in [6.07, 6.45) is 8.64. The number of hydrogen-bond donors (Lipinski definition) is 2. The zero-order valence-electron chi connectivity index (χ0n) is 9.93. The van der Waals surface area contributed by atoms with Gasteiger partial charge in [-0.1, -0.05) is 25.7 Å². The first-order valence-corrected chi connectivity index (χ1v) is 6.18. The fourth-order valence-electron chi connectivity index (χ4n) is 2.23. The van der Waals surface area contributed by atoms with Gasteiger partial charge >= 0.3 is 0 Å². The van der Waals surface area contributed by atoms with Crippen LogP contribution in [0.1, 0.15) is 38.5 Å². The summed E-state index contributed by atoms with van der Waals surface area (Å²) in [4.78, 5) is 15.5. The van der Waals surface area contributed by atoms with E-state index in [1.54, 1.807) is 0 Å². The van der Waals surface area contributed by atoms with Crippen LogP contribution in [-0.2, 0) is 11.3 Å². The van der Waals surface area contributed by atoms with Crippen LogP contribution >= 0.6 is 0 Å². The molecular weight excluding hydrogens is 218 g/mol. The topological polar surface area (TPSA) is 85.8 Å². The molecule has 0 saturated heterocycles. The van der Waals surface area contributed by atoms with Crippen molar-refractivity contribution in [2.45, 2.75) is 51.1 Å². The molecule has 0 spiro atoms. The van der Waals surface area contributed by atoms with Crippen molar-refractivity contribution in [3.8, 4) is 0 Å². The van der Waals surface area contributed by atoms with Gasteiger partial charge in [0.25, 0.3) is 0 Å². The predicted molar refractivity (Wildman–Crippen MR) is 64.1 cm³/mol. The van der Waals surface area contributed by atoms with E-state index in [4.69, 9.17) is 5.73 Å². The first-order chi connectivity index (χ1) is 8.24. The zero-order chi connectivity index (χ0) is 12.1. The SMILES string of the molecule is Nc1ncn(CC(=O)NC2CCCCCC2)n1. The van der Waals surface area contributed by atoms with Gasteiger partial charge in [0.2, 0.25) is 11.9 Å². The summed E-state index contributed by atoms with van der Waals surface area (Å²) >= 11 is 0. The fourth-order valence-corrected chi connectivity index (χ4v) is 2.23. The van der Waals surface area contributed by atoms with Crippen LogP contribution in [0.25, 0.3) is 0 Å². The largest absolute Gasteiger partial charge is 0.367 e. The van der Waals surface area contributed by atoms with Gasteiger partial charge in [-0.25, -0.2) is 9.67 Å². The Labute approximate surface area is 101 Å². The Bertz CT molecular complexity index is 368. The number of carbonyl (C=O) groups is 1. The lowest BCUT2D eigenvalue weighted by atomic mass is 10.1. The quantitative estimate of drug-likeness (QED) is 0.758. The van der Waals surface area contributed by atoms with Crippen molar-refractivity contribution >= 4 is 11.9 Å². The van der Waals surface area contributed by atoms with Crippen molar-refractivity contribution < 1.29 is 4.79 Å². The molecule has 0 bridgehead atoms. The summed E-state index contributed by atoms with van der Waals surface area (Å²) < 4.78 is 1.46. The second-order valence-corrected chi connectivity index (χ2v) is 4.56. The molecule has 1 saturated carbocycles. The maximum absolute atomic E-state index is 11.8. The molecule has 1 aromatic rings. The van der Waals surface area contributed by atoms with Crippen LogP contribution in [0.4, 0.5) is 5.95 Å². The maximum Gasteiger partial charge on any atom is 0.242 e. The van der Waals surface area contributed by atoms with E-state index in [1.165, 1.54) is 36.7 Å². The van der Waals surface area contributed by atoms with Gasteiger partial charge in [0, 0.05) is 6.04 Å². The minimum atomic E-state index is -0.0122. The lowest BCUT2D eigenvalue weighted by molar-refractivity contribution is -0.122. The molecule has 0 unspecified atom stereocenters. The third-order valence-electron chi connectivity index (χ3n) is 3.08. The Morgan fingerprint density at radius 2 is 2.12 bits per heavy atom. The highest BCUT2D eigenvalue weighted by atomic mass is 16.2. The molecule has 6 nitrogen and oxygen atoms in total. The maximum atomic E-state index is 11.8. The zero-order valence-corrected chi connectivity index (χ0v) is 9.93. The van der Waals surface area contributed by atoms with E-state index in [-0.39, 0.29) is 18.4 Å². The lowest BCUT2D eigenvalue weighted by Gasteiger charge is -2.15. The summed E-state index contributed by atoms with van der Waals surface area (Å²) in [6, 6.07) is 0.325. The van der Waals surface area contributed by atoms with Gasteiger partial charge < -0.3 is 11.1 Å². The van der Waals surface area contributed by atoms with Gasteiger partial charge in [-0.3, -0.25) is 4.79 Å². The van der Waals surface area contributed by atoms with Crippen molar-refractivity contribution in [2.75, 3.05) is 5.73 Å². The lowest BCUT2D eigenvalue weighted by Crippen LogP contribution is -2.36. The molecule has 3 N–H and O–H groups in total. The smallest absolute Gasteiger partial charge is 0.242 e. The summed E-state index contributed by atoms with van der Waals surface area (Å²) in [6.45, 7) is 0.195. The van der Waals surface area contributed by atoms with Crippen LogP contribution < -0.4 is 11.1 Å². The number of nitrogen functional groups attached to an aromatic ring is 1. The molecule has 0 radical (unpaired) electrons. The third kappa shape index (κ3) is 3.72. The Balaban J connectivity index is 1.80. The number of nitrogens with two attached hydrogens (primary N) is 1. The van der Waals surface area contributed by atoms with E-state index < -0.39 is 0 Å². The van der Waals surface area contributed by atoms with Crippen LogP contribution in [0.2, 0.25) is 0 Å². The minimum absolute atomic E-state index is 0.0122. The van der Waals surface area contributed by atoms with Gasteiger partial charge in [0.1, 0.15) is 12.9 Å². The molecule has 0 atom stereocenters. The number of carbonyl (C=O) groups excluding carboxylic acids is 1.